The largest absolute Gasteiger partial charge is 0.490 e. The van der Waals surface area contributed by atoms with Crippen molar-refractivity contribution in [1.29, 1.82) is 0 Å². The van der Waals surface area contributed by atoms with Gasteiger partial charge in [0.15, 0.2) is 0 Å². The Kier molecular flexibility index (Phi) is 7.20. The van der Waals surface area contributed by atoms with Gasteiger partial charge in [-0.25, -0.2) is 14.8 Å². The van der Waals surface area contributed by atoms with E-state index in [0.29, 0.717) is 0 Å². The zero-order chi connectivity index (χ0) is 21.6. The number of fused-ring (bicyclic) bond motifs is 1. The molecule has 0 amide bonds. The molecule has 2 aliphatic rings. The first-order chi connectivity index (χ1) is 14.3. The van der Waals surface area contributed by atoms with Gasteiger partial charge in [-0.2, -0.15) is 13.2 Å². The Balaban J connectivity index is 0.000000318. The molecule has 1 fully saturated rings. The number of aliphatic carboxylic acids is 1. The highest BCUT2D eigenvalue weighted by Gasteiger charge is 2.38. The Labute approximate surface area is 172 Å². The van der Waals surface area contributed by atoms with Crippen LogP contribution in [-0.4, -0.2) is 63.3 Å². The maximum absolute atomic E-state index is 10.6. The van der Waals surface area contributed by atoms with Crippen LogP contribution in [0, 0.1) is 0 Å². The lowest BCUT2D eigenvalue weighted by Gasteiger charge is -2.21. The van der Waals surface area contributed by atoms with Gasteiger partial charge < -0.3 is 10.0 Å². The lowest BCUT2D eigenvalue weighted by molar-refractivity contribution is -0.192. The number of halogens is 3. The van der Waals surface area contributed by atoms with Crippen molar-refractivity contribution in [3.63, 3.8) is 0 Å². The second-order valence-corrected chi connectivity index (χ2v) is 7.22. The average molecular weight is 423 g/mol. The maximum atomic E-state index is 10.6. The maximum Gasteiger partial charge on any atom is 0.490 e. The molecular weight excluding hydrogens is 399 g/mol. The molecule has 0 aromatic carbocycles. The van der Waals surface area contributed by atoms with Gasteiger partial charge in [0.2, 0.25) is 0 Å². The number of rotatable bonds is 3. The molecule has 4 heterocycles. The van der Waals surface area contributed by atoms with E-state index in [1.54, 1.807) is 6.33 Å². The van der Waals surface area contributed by atoms with Crippen LogP contribution < -0.4 is 4.90 Å². The minimum atomic E-state index is -5.08. The summed E-state index contributed by atoms with van der Waals surface area (Å²) in [6.07, 6.45) is 3.15. The molecule has 0 radical (unpaired) electrons. The van der Waals surface area contributed by atoms with Crippen molar-refractivity contribution in [2.75, 3.05) is 31.1 Å². The standard InChI is InChI=1S/C18H23N5.C2HF3O2/c1-2-8-19-15(5-1)13-22-11-6-16-17(7-12-22)20-14-21-18(16)23-9-3-4-10-23;3-2(4,5)1(6)7/h1-2,5,8,14H,3-4,6-7,9-13H2;(H,6,7). The van der Waals surface area contributed by atoms with Crippen molar-refractivity contribution < 1.29 is 23.1 Å². The monoisotopic (exact) mass is 423 g/mol. The lowest BCUT2D eigenvalue weighted by atomic mass is 10.1. The van der Waals surface area contributed by atoms with Gasteiger partial charge in [-0.05, 0) is 31.4 Å². The van der Waals surface area contributed by atoms with E-state index in [4.69, 9.17) is 9.90 Å². The topological polar surface area (TPSA) is 82.4 Å². The smallest absolute Gasteiger partial charge is 0.475 e. The number of pyridine rings is 1. The fourth-order valence-electron chi connectivity index (χ4n) is 3.64. The third-order valence-corrected chi connectivity index (χ3v) is 5.11. The van der Waals surface area contributed by atoms with E-state index < -0.39 is 12.1 Å². The number of hydrogen-bond acceptors (Lipinski definition) is 6. The minimum Gasteiger partial charge on any atom is -0.475 e. The van der Waals surface area contributed by atoms with Crippen LogP contribution in [0.5, 0.6) is 0 Å². The van der Waals surface area contributed by atoms with Crippen molar-refractivity contribution in [2.24, 2.45) is 0 Å². The predicted octanol–water partition coefficient (Wildman–Crippen LogP) is 2.71. The third-order valence-electron chi connectivity index (χ3n) is 5.11. The van der Waals surface area contributed by atoms with E-state index in [0.717, 1.165) is 51.3 Å². The molecule has 2 aromatic heterocycles. The fourth-order valence-corrected chi connectivity index (χ4v) is 3.64. The minimum absolute atomic E-state index is 0.918. The summed E-state index contributed by atoms with van der Waals surface area (Å²) in [5.41, 5.74) is 3.76. The molecule has 0 spiro atoms. The average Bonchev–Trinajstić information content (AvgIpc) is 3.17. The fraction of sp³-hybridized carbons (Fsp3) is 0.500. The molecule has 30 heavy (non-hydrogen) atoms. The van der Waals surface area contributed by atoms with Crippen molar-refractivity contribution in [3.05, 3.63) is 47.7 Å². The van der Waals surface area contributed by atoms with Crippen molar-refractivity contribution in [2.45, 2.75) is 38.4 Å². The molecule has 162 valence electrons. The van der Waals surface area contributed by atoms with Gasteiger partial charge in [-0.3, -0.25) is 9.88 Å². The first kappa shape index (κ1) is 21.9. The number of hydrogen-bond donors (Lipinski definition) is 1. The van der Waals surface area contributed by atoms with Gasteiger partial charge in [0.1, 0.15) is 12.1 Å². The number of nitrogens with zero attached hydrogens (tertiary/aromatic N) is 5. The Morgan fingerprint density at radius 3 is 2.37 bits per heavy atom. The molecule has 0 unspecified atom stereocenters. The Hall–Kier alpha value is -2.75. The third kappa shape index (κ3) is 5.88. The lowest BCUT2D eigenvalue weighted by Crippen LogP contribution is -2.26. The van der Waals surface area contributed by atoms with Crippen LogP contribution in [0.3, 0.4) is 0 Å². The van der Waals surface area contributed by atoms with Crippen molar-refractivity contribution in [1.82, 2.24) is 19.9 Å². The molecule has 0 bridgehead atoms. The van der Waals surface area contributed by atoms with Gasteiger partial charge in [0.05, 0.1) is 11.4 Å². The van der Waals surface area contributed by atoms with E-state index >= 15 is 0 Å². The van der Waals surface area contributed by atoms with Crippen molar-refractivity contribution >= 4 is 11.8 Å². The number of aromatic nitrogens is 3. The van der Waals surface area contributed by atoms with Gasteiger partial charge in [-0.1, -0.05) is 6.07 Å². The van der Waals surface area contributed by atoms with Gasteiger partial charge in [0, 0.05) is 50.9 Å². The van der Waals surface area contributed by atoms with Gasteiger partial charge >= 0.3 is 12.1 Å². The molecule has 4 rings (SSSR count). The Morgan fingerprint density at radius 1 is 1.03 bits per heavy atom. The molecule has 0 atom stereocenters. The molecule has 0 aliphatic carbocycles. The number of carboxylic acids is 1. The van der Waals surface area contributed by atoms with Crippen LogP contribution in [0.4, 0.5) is 19.0 Å². The molecular formula is C20H24F3N5O2. The Morgan fingerprint density at radius 2 is 1.73 bits per heavy atom. The van der Waals surface area contributed by atoms with Crippen LogP contribution in [0.1, 0.15) is 29.8 Å². The first-order valence-electron chi connectivity index (χ1n) is 9.84. The zero-order valence-corrected chi connectivity index (χ0v) is 16.5. The molecule has 7 nitrogen and oxygen atoms in total. The summed E-state index contributed by atoms with van der Waals surface area (Å²) >= 11 is 0. The quantitative estimate of drug-likeness (QED) is 0.813. The van der Waals surface area contributed by atoms with E-state index in [1.165, 1.54) is 29.9 Å². The van der Waals surface area contributed by atoms with Crippen LogP contribution in [0.25, 0.3) is 0 Å². The second kappa shape index (κ2) is 9.84. The number of alkyl halides is 3. The molecule has 1 N–H and O–H groups in total. The summed E-state index contributed by atoms with van der Waals surface area (Å²) in [5.74, 6) is -1.57. The molecule has 1 saturated heterocycles. The van der Waals surface area contributed by atoms with Gasteiger partial charge in [-0.15, -0.1) is 0 Å². The SMILES string of the molecule is O=C(O)C(F)(F)F.c1ccc(CN2CCc3ncnc(N4CCCC4)c3CC2)nc1. The van der Waals surface area contributed by atoms with E-state index in [1.807, 2.05) is 12.3 Å². The summed E-state index contributed by atoms with van der Waals surface area (Å²) in [6.45, 7) is 5.29. The highest BCUT2D eigenvalue weighted by Crippen LogP contribution is 2.26. The summed E-state index contributed by atoms with van der Waals surface area (Å²) < 4.78 is 31.7. The zero-order valence-electron chi connectivity index (χ0n) is 16.5. The molecule has 0 saturated carbocycles. The number of carboxylic acid groups (broad SMARTS) is 1. The number of carbonyl (C=O) groups is 1. The van der Waals surface area contributed by atoms with Crippen LogP contribution in [0.15, 0.2) is 30.7 Å². The van der Waals surface area contributed by atoms with Crippen molar-refractivity contribution in [3.8, 4) is 0 Å². The first-order valence-corrected chi connectivity index (χ1v) is 9.84. The van der Waals surface area contributed by atoms with Crippen LogP contribution in [-0.2, 0) is 24.2 Å². The Bertz CT molecular complexity index is 842. The summed E-state index contributed by atoms with van der Waals surface area (Å²) in [6, 6.07) is 6.14. The predicted molar refractivity (Wildman–Crippen MR) is 104 cm³/mol. The van der Waals surface area contributed by atoms with Crippen LogP contribution >= 0.6 is 0 Å². The highest BCUT2D eigenvalue weighted by atomic mass is 19.4. The van der Waals surface area contributed by atoms with E-state index in [2.05, 4.69) is 36.9 Å². The molecule has 2 aliphatic heterocycles. The summed E-state index contributed by atoms with van der Waals surface area (Å²) in [5, 5.41) is 7.12. The van der Waals surface area contributed by atoms with Gasteiger partial charge in [0.25, 0.3) is 0 Å². The number of anilines is 1. The summed E-state index contributed by atoms with van der Waals surface area (Å²) in [7, 11) is 0. The highest BCUT2D eigenvalue weighted by molar-refractivity contribution is 5.73. The summed E-state index contributed by atoms with van der Waals surface area (Å²) in [4.78, 5) is 27.5. The second-order valence-electron chi connectivity index (χ2n) is 7.22. The van der Waals surface area contributed by atoms with Crippen LogP contribution in [0.2, 0.25) is 0 Å². The van der Waals surface area contributed by atoms with E-state index in [-0.39, 0.29) is 0 Å². The molecule has 10 heteroatoms. The normalized spacial score (nSPS) is 17.0. The van der Waals surface area contributed by atoms with E-state index in [9.17, 15) is 13.2 Å². The molecule has 2 aromatic rings.